The molecule has 29 heavy (non-hydrogen) atoms. The monoisotopic (exact) mass is 397 g/mol. The van der Waals surface area contributed by atoms with Gasteiger partial charge in [0.05, 0.1) is 24.5 Å². The number of H-pyrrole nitrogens is 1. The summed E-state index contributed by atoms with van der Waals surface area (Å²) in [6.07, 6.45) is 2.61. The Hall–Kier alpha value is -3.00. The van der Waals surface area contributed by atoms with Gasteiger partial charge in [-0.3, -0.25) is 9.59 Å². The fourth-order valence-corrected chi connectivity index (χ4v) is 3.27. The number of carbonyl (C=O) groups is 1. The van der Waals surface area contributed by atoms with E-state index in [1.165, 1.54) is 6.20 Å². The average Bonchev–Trinajstić information content (AvgIpc) is 3.10. The molecule has 8 nitrogen and oxygen atoms in total. The molecule has 0 fully saturated rings. The lowest BCUT2D eigenvalue weighted by Crippen LogP contribution is -2.40. The summed E-state index contributed by atoms with van der Waals surface area (Å²) in [6, 6.07) is 9.14. The van der Waals surface area contributed by atoms with Crippen molar-refractivity contribution in [2.75, 3.05) is 6.61 Å². The van der Waals surface area contributed by atoms with Gasteiger partial charge in [0, 0.05) is 12.8 Å². The lowest BCUT2D eigenvalue weighted by atomic mass is 9.88. The number of aliphatic hydroxyl groups excluding tert-OH is 1. The molecule has 0 bridgehead atoms. The number of nitrogens with one attached hydrogen (secondary N) is 2. The second kappa shape index (κ2) is 8.57. The number of fused-ring (bicyclic) bond motifs is 1. The van der Waals surface area contributed by atoms with Crippen LogP contribution in [0.25, 0.3) is 16.7 Å². The first-order valence-electron chi connectivity index (χ1n) is 9.69. The molecule has 0 aliphatic carbocycles. The van der Waals surface area contributed by atoms with Gasteiger partial charge in [-0.2, -0.15) is 5.10 Å². The Morgan fingerprint density at radius 1 is 1.28 bits per heavy atom. The van der Waals surface area contributed by atoms with Gasteiger partial charge in [0.15, 0.2) is 5.65 Å². The SMILES string of the molecule is CC(C)(C)CC(CO)NC(=O)CCc1nc2c(cnn2-c2ccccc2)c(=O)[nH]1. The largest absolute Gasteiger partial charge is 0.394 e. The van der Waals surface area contributed by atoms with E-state index in [4.69, 9.17) is 0 Å². The molecule has 154 valence electrons. The van der Waals surface area contributed by atoms with Gasteiger partial charge in [0.2, 0.25) is 5.91 Å². The summed E-state index contributed by atoms with van der Waals surface area (Å²) in [5.74, 6) is 0.235. The molecule has 0 aliphatic heterocycles. The predicted octanol–water partition coefficient (Wildman–Crippen LogP) is 1.95. The van der Waals surface area contributed by atoms with Gasteiger partial charge < -0.3 is 15.4 Å². The van der Waals surface area contributed by atoms with Gasteiger partial charge in [-0.1, -0.05) is 39.0 Å². The van der Waals surface area contributed by atoms with Gasteiger partial charge in [-0.15, -0.1) is 0 Å². The van der Waals surface area contributed by atoms with E-state index < -0.39 is 0 Å². The van der Waals surface area contributed by atoms with Crippen LogP contribution in [0.2, 0.25) is 0 Å². The molecule has 0 radical (unpaired) electrons. The van der Waals surface area contributed by atoms with Crippen molar-refractivity contribution >= 4 is 16.9 Å². The molecule has 3 rings (SSSR count). The van der Waals surface area contributed by atoms with Crippen LogP contribution in [0.15, 0.2) is 41.3 Å². The summed E-state index contributed by atoms with van der Waals surface area (Å²) >= 11 is 0. The number of aryl methyl sites for hydroxylation is 1. The van der Waals surface area contributed by atoms with E-state index in [0.717, 1.165) is 5.69 Å². The standard InChI is InChI=1S/C21H27N5O3/c1-21(2,3)11-14(13-27)23-18(28)10-9-17-24-19-16(20(29)25-17)12-22-26(19)15-7-5-4-6-8-15/h4-8,12,14,27H,9-11,13H2,1-3H3,(H,23,28)(H,24,25,29). The molecule has 2 heterocycles. The first-order chi connectivity index (χ1) is 13.8. The molecule has 3 aromatic rings. The number of benzene rings is 1. The van der Waals surface area contributed by atoms with E-state index in [0.29, 0.717) is 23.3 Å². The minimum absolute atomic E-state index is 0.00560. The number of carbonyl (C=O) groups excluding carboxylic acids is 1. The van der Waals surface area contributed by atoms with Crippen LogP contribution in [0.5, 0.6) is 0 Å². The highest BCUT2D eigenvalue weighted by molar-refractivity contribution is 5.77. The first kappa shape index (κ1) is 20.7. The van der Waals surface area contributed by atoms with Crippen LogP contribution in [0.4, 0.5) is 0 Å². The van der Waals surface area contributed by atoms with Crippen LogP contribution in [0.3, 0.4) is 0 Å². The van der Waals surface area contributed by atoms with Crippen LogP contribution in [-0.2, 0) is 11.2 Å². The van der Waals surface area contributed by atoms with Crippen LogP contribution in [0.1, 0.15) is 39.4 Å². The Morgan fingerprint density at radius 2 is 2.00 bits per heavy atom. The third-order valence-electron chi connectivity index (χ3n) is 4.52. The molecule has 2 aromatic heterocycles. The maximum absolute atomic E-state index is 12.4. The summed E-state index contributed by atoms with van der Waals surface area (Å²) in [4.78, 5) is 31.9. The topological polar surface area (TPSA) is 113 Å². The molecule has 1 aromatic carbocycles. The third-order valence-corrected chi connectivity index (χ3v) is 4.52. The Morgan fingerprint density at radius 3 is 2.66 bits per heavy atom. The number of nitrogens with zero attached hydrogens (tertiary/aromatic N) is 3. The number of aromatic nitrogens is 4. The number of aliphatic hydroxyl groups is 1. The number of hydrogen-bond donors (Lipinski definition) is 3. The summed E-state index contributed by atoms with van der Waals surface area (Å²) in [6.45, 7) is 6.06. The highest BCUT2D eigenvalue weighted by Crippen LogP contribution is 2.20. The third kappa shape index (κ3) is 5.29. The van der Waals surface area contributed by atoms with Gasteiger partial charge in [-0.05, 0) is 24.0 Å². The summed E-state index contributed by atoms with van der Waals surface area (Å²) < 4.78 is 1.61. The smallest absolute Gasteiger partial charge is 0.262 e. The second-order valence-electron chi connectivity index (χ2n) is 8.35. The minimum Gasteiger partial charge on any atom is -0.394 e. The zero-order valence-electron chi connectivity index (χ0n) is 17.0. The van der Waals surface area contributed by atoms with Crippen molar-refractivity contribution < 1.29 is 9.90 Å². The van der Waals surface area contributed by atoms with E-state index in [9.17, 15) is 14.7 Å². The number of hydrogen-bond acceptors (Lipinski definition) is 5. The maximum atomic E-state index is 12.4. The van der Waals surface area contributed by atoms with Gasteiger partial charge in [0.25, 0.3) is 5.56 Å². The molecule has 1 amide bonds. The Labute approximate surface area is 169 Å². The summed E-state index contributed by atoms with van der Waals surface area (Å²) in [5, 5.41) is 17.0. The van der Waals surface area contributed by atoms with Crippen molar-refractivity contribution in [1.29, 1.82) is 0 Å². The highest BCUT2D eigenvalue weighted by atomic mass is 16.3. The van der Waals surface area contributed by atoms with Crippen LogP contribution in [0, 0.1) is 5.41 Å². The van der Waals surface area contributed by atoms with Crippen molar-refractivity contribution in [3.05, 3.63) is 52.7 Å². The lowest BCUT2D eigenvalue weighted by molar-refractivity contribution is -0.122. The van der Waals surface area contributed by atoms with Crippen molar-refractivity contribution in [3.8, 4) is 5.69 Å². The fourth-order valence-electron chi connectivity index (χ4n) is 3.27. The molecule has 3 N–H and O–H groups in total. The van der Waals surface area contributed by atoms with Crippen molar-refractivity contribution in [2.24, 2.45) is 5.41 Å². The quantitative estimate of drug-likeness (QED) is 0.564. The van der Waals surface area contributed by atoms with Crippen LogP contribution in [-0.4, -0.2) is 43.4 Å². The molecule has 0 spiro atoms. The van der Waals surface area contributed by atoms with Crippen LogP contribution < -0.4 is 10.9 Å². The molecular weight excluding hydrogens is 370 g/mol. The van der Waals surface area contributed by atoms with Crippen molar-refractivity contribution in [1.82, 2.24) is 25.1 Å². The van der Waals surface area contributed by atoms with E-state index in [2.05, 4.69) is 41.2 Å². The van der Waals surface area contributed by atoms with Gasteiger partial charge in [-0.25, -0.2) is 9.67 Å². The highest BCUT2D eigenvalue weighted by Gasteiger charge is 2.20. The number of para-hydroxylation sites is 1. The van der Waals surface area contributed by atoms with Crippen molar-refractivity contribution in [3.63, 3.8) is 0 Å². The normalized spacial score (nSPS) is 12.8. The zero-order chi connectivity index (χ0) is 21.0. The summed E-state index contributed by atoms with van der Waals surface area (Å²) in [7, 11) is 0. The molecular formula is C21H27N5O3. The van der Waals surface area contributed by atoms with Crippen molar-refractivity contribution in [2.45, 2.75) is 46.1 Å². The first-order valence-corrected chi connectivity index (χ1v) is 9.69. The molecule has 0 saturated heterocycles. The number of rotatable bonds is 7. The maximum Gasteiger partial charge on any atom is 0.262 e. The number of aromatic amines is 1. The second-order valence-corrected chi connectivity index (χ2v) is 8.35. The van der Waals surface area contributed by atoms with Gasteiger partial charge >= 0.3 is 0 Å². The van der Waals surface area contributed by atoms with Gasteiger partial charge in [0.1, 0.15) is 11.2 Å². The predicted molar refractivity (Wildman–Crippen MR) is 111 cm³/mol. The molecule has 1 unspecified atom stereocenters. The summed E-state index contributed by atoms with van der Waals surface area (Å²) in [5.41, 5.74) is 0.969. The molecule has 0 saturated carbocycles. The fraction of sp³-hybridized carbons (Fsp3) is 0.429. The van der Waals surface area contributed by atoms with Crippen LogP contribution >= 0.6 is 0 Å². The van der Waals surface area contributed by atoms with E-state index in [-0.39, 0.29) is 42.4 Å². The Kier molecular flexibility index (Phi) is 6.12. The average molecular weight is 397 g/mol. The molecule has 1 atom stereocenters. The van der Waals surface area contributed by atoms with E-state index >= 15 is 0 Å². The molecule has 8 heteroatoms. The number of amides is 1. The lowest BCUT2D eigenvalue weighted by Gasteiger charge is -2.25. The van der Waals surface area contributed by atoms with E-state index in [1.54, 1.807) is 4.68 Å². The minimum atomic E-state index is -0.295. The zero-order valence-corrected chi connectivity index (χ0v) is 17.0. The Bertz CT molecular complexity index is 1030. The molecule has 0 aliphatic rings. The Balaban J connectivity index is 1.74. The van der Waals surface area contributed by atoms with E-state index in [1.807, 2.05) is 30.3 Å².